The molecule has 10 rings (SSSR count). The quantitative estimate of drug-likeness (QED) is 0.142. The van der Waals surface area contributed by atoms with E-state index in [1.807, 2.05) is 114 Å². The summed E-state index contributed by atoms with van der Waals surface area (Å²) < 4.78 is 24.0. The topological polar surface area (TPSA) is 52.6 Å². The fraction of sp³-hybridized carbons (Fsp3) is 0.273. The van der Waals surface area contributed by atoms with Gasteiger partial charge in [-0.3, -0.25) is 0 Å². The number of furan rings is 4. The van der Waals surface area contributed by atoms with Gasteiger partial charge < -0.3 is 47.4 Å². The van der Waals surface area contributed by atoms with Gasteiger partial charge in [-0.05, 0) is 48.5 Å². The van der Waals surface area contributed by atoms with E-state index in [0.29, 0.717) is 0 Å². The van der Waals surface area contributed by atoms with Crippen LogP contribution in [0.2, 0.25) is 0 Å². The maximum Gasteiger partial charge on any atom is 0.178 e. The van der Waals surface area contributed by atoms with Gasteiger partial charge in [-0.2, -0.15) is 0 Å². The van der Waals surface area contributed by atoms with E-state index in [9.17, 15) is 0 Å². The molecule has 14 heteroatoms. The molecule has 6 aromatic carbocycles. The van der Waals surface area contributed by atoms with Crippen LogP contribution in [0.4, 0.5) is 0 Å². The molecule has 10 aromatic rings. The molecule has 0 fully saturated rings. The Morgan fingerprint density at radius 3 is 0.507 bits per heavy atom. The van der Waals surface area contributed by atoms with Crippen LogP contribution >= 0.6 is 0 Å². The zero-order valence-electron chi connectivity index (χ0n) is 45.1. The molecule has 0 N–H and O–H groups in total. The van der Waals surface area contributed by atoms with E-state index in [1.165, 1.54) is 19.3 Å². The van der Waals surface area contributed by atoms with Crippen molar-refractivity contribution in [3.8, 4) is 0 Å². The Hall–Kier alpha value is 5.56. The van der Waals surface area contributed by atoms with Crippen LogP contribution in [0.25, 0.3) is 87.8 Å². The molecule has 0 saturated heterocycles. The first-order chi connectivity index (χ1) is 27.1. The van der Waals surface area contributed by atoms with E-state index in [2.05, 4.69) is 90.1 Å². The normalized spacial score (nSPS) is 8.00. The second-order valence-corrected chi connectivity index (χ2v) is 12.2. The van der Waals surface area contributed by atoms with Gasteiger partial charge in [0.05, 0.1) is 0 Å². The second-order valence-electron chi connectivity index (χ2n) is 12.2. The van der Waals surface area contributed by atoms with Crippen LogP contribution in [0.3, 0.4) is 0 Å². The molecule has 4 aromatic heterocycles. The second kappa shape index (κ2) is 59.7. The Morgan fingerprint density at radius 2 is 0.362 bits per heavy atom. The van der Waals surface area contributed by atoms with Crippen LogP contribution in [0.15, 0.2) is 139 Å². The smallest absolute Gasteiger partial charge is 0.178 e. The maximum absolute atomic E-state index is 6.00. The fourth-order valence-electron chi connectivity index (χ4n) is 5.93. The monoisotopic (exact) mass is 1690 g/mol. The van der Waals surface area contributed by atoms with E-state index >= 15 is 0 Å². The summed E-state index contributed by atoms with van der Waals surface area (Å²) in [5.74, 6) is 0. The van der Waals surface area contributed by atoms with Gasteiger partial charge in [0.1, 0.15) is 22.3 Å². The zero-order chi connectivity index (χ0) is 40.3. The SMILES string of the molecule is CC.CC.CC.CCC.CCC.CCC.[CH3-].[CH3-].[CH3-].[CH3-].[Y].[Y].[Y].[Y].[Y].[Y].[Y].[Y].[Y].[Y].c1ccc2c(c1)oc1c2ccc2c3ccccc3oc21.c1ccc2c(c1)oc1c2ccc2c3ccccc3oc21. The summed E-state index contributed by atoms with van der Waals surface area (Å²) in [4.78, 5) is 0. The Kier molecular flexibility index (Phi) is 89.2. The predicted octanol–water partition coefficient (Wildman–Crippen LogP) is 20.1. The van der Waals surface area contributed by atoms with Crippen molar-refractivity contribution in [1.82, 2.24) is 0 Å². The number of para-hydroxylation sites is 4. The van der Waals surface area contributed by atoms with Crippen LogP contribution in [0, 0.1) is 29.7 Å². The summed E-state index contributed by atoms with van der Waals surface area (Å²) in [6.07, 6.45) is 3.75. The first-order valence-corrected chi connectivity index (χ1v) is 20.5. The number of benzene rings is 6. The van der Waals surface area contributed by atoms with Crippen molar-refractivity contribution in [3.05, 3.63) is 151 Å². The van der Waals surface area contributed by atoms with Crippen LogP contribution < -0.4 is 0 Å². The van der Waals surface area contributed by atoms with E-state index in [-0.39, 0.29) is 357 Å². The molecule has 0 saturated carbocycles. The van der Waals surface area contributed by atoms with Gasteiger partial charge in [0, 0.05) is 370 Å². The Bertz CT molecular complexity index is 2290. The summed E-state index contributed by atoms with van der Waals surface area (Å²) in [7, 11) is 0. The number of fused-ring (bicyclic) bond motifs is 14. The summed E-state index contributed by atoms with van der Waals surface area (Å²) in [5, 5.41) is 8.93. The molecule has 352 valence electrons. The third-order valence-corrected chi connectivity index (χ3v) is 7.78. The molecule has 0 spiro atoms. The van der Waals surface area contributed by atoms with Crippen LogP contribution in [-0.2, 0) is 327 Å². The molecule has 0 atom stereocenters. The molecule has 0 aliphatic carbocycles. The molecule has 0 aliphatic heterocycles. The van der Waals surface area contributed by atoms with Crippen molar-refractivity contribution < 1.29 is 345 Å². The van der Waals surface area contributed by atoms with E-state index in [0.717, 1.165) is 87.8 Å². The largest absolute Gasteiger partial charge is 0.452 e. The number of rotatable bonds is 0. The molecule has 4 heterocycles. The molecule has 0 unspecified atom stereocenters. The van der Waals surface area contributed by atoms with Gasteiger partial charge in [0.25, 0.3) is 0 Å². The molecule has 0 amide bonds. The number of hydrogen-bond acceptors (Lipinski definition) is 4. The minimum Gasteiger partial charge on any atom is -0.452 e. The van der Waals surface area contributed by atoms with Crippen LogP contribution in [-0.4, -0.2) is 0 Å². The Morgan fingerprint density at radius 1 is 0.232 bits per heavy atom. The van der Waals surface area contributed by atoms with Gasteiger partial charge in [0.2, 0.25) is 0 Å². The van der Waals surface area contributed by atoms with Crippen molar-refractivity contribution >= 4 is 87.8 Å². The number of hydrogen-bond donors (Lipinski definition) is 0. The fourth-order valence-corrected chi connectivity index (χ4v) is 5.93. The van der Waals surface area contributed by atoms with Gasteiger partial charge in [0.15, 0.2) is 22.3 Å². The molecular formula is C55H74O4Y10-4. The van der Waals surface area contributed by atoms with Gasteiger partial charge >= 0.3 is 0 Å². The summed E-state index contributed by atoms with van der Waals surface area (Å²) in [5.41, 5.74) is 6.93. The summed E-state index contributed by atoms with van der Waals surface area (Å²) in [6.45, 7) is 24.8. The molecule has 69 heavy (non-hydrogen) atoms. The third kappa shape index (κ3) is 28.2. The third-order valence-electron chi connectivity index (χ3n) is 7.78. The molecule has 0 bridgehead atoms. The molecule has 0 aliphatic rings. The summed E-state index contributed by atoms with van der Waals surface area (Å²) in [6, 6.07) is 40.8. The minimum absolute atomic E-state index is 0. The Labute approximate surface area is 671 Å². The van der Waals surface area contributed by atoms with Crippen LogP contribution in [0.1, 0.15) is 102 Å². The maximum atomic E-state index is 6.00. The standard InChI is InChI=1S/2C18H10O2.3C3H8.3C2H6.4CH3.10Y/c2*1-3-7-15-11(5-1)13-9-10-14-12-6-2-4-8-16(12)20-18(14)17(13)19-15;3*1-3-2;3*1-2;;;;;;;;;;;;;;/h2*1-10H;3*3H2,1-2H3;3*1-2H3;4*1H3;;;;;;;;;;/q;;;;;;;;4*-1;;;;;;;;;;. The van der Waals surface area contributed by atoms with Gasteiger partial charge in [-0.15, -0.1) is 0 Å². The average Bonchev–Trinajstić information content (AvgIpc) is 4.01. The van der Waals surface area contributed by atoms with Gasteiger partial charge in [-0.25, -0.2) is 0 Å². The first-order valence-electron chi connectivity index (χ1n) is 20.5. The zero-order valence-corrected chi connectivity index (χ0v) is 73.5. The van der Waals surface area contributed by atoms with Crippen molar-refractivity contribution in [3.63, 3.8) is 0 Å². The summed E-state index contributed by atoms with van der Waals surface area (Å²) >= 11 is 0. The minimum atomic E-state index is 0. The van der Waals surface area contributed by atoms with Crippen molar-refractivity contribution in [1.29, 1.82) is 0 Å². The predicted molar refractivity (Wildman–Crippen MR) is 270 cm³/mol. The van der Waals surface area contributed by atoms with Gasteiger partial charge in [-0.1, -0.05) is 175 Å². The van der Waals surface area contributed by atoms with Crippen LogP contribution in [0.5, 0.6) is 0 Å². The molecular weight excluding hydrogens is 1610 g/mol. The molecule has 4 nitrogen and oxygen atoms in total. The molecule has 10 radical (unpaired) electrons. The van der Waals surface area contributed by atoms with E-state index in [4.69, 9.17) is 17.7 Å². The van der Waals surface area contributed by atoms with E-state index in [1.54, 1.807) is 0 Å². The average molecular weight is 1690 g/mol. The first kappa shape index (κ1) is 103. The van der Waals surface area contributed by atoms with Crippen molar-refractivity contribution in [2.45, 2.75) is 102 Å². The van der Waals surface area contributed by atoms with E-state index < -0.39 is 0 Å². The Balaban J connectivity index is -0.0000000636. The van der Waals surface area contributed by atoms with Crippen molar-refractivity contribution in [2.24, 2.45) is 0 Å². The van der Waals surface area contributed by atoms with Crippen molar-refractivity contribution in [2.75, 3.05) is 0 Å².